The first kappa shape index (κ1) is 21.0. The number of nitrogens with zero attached hydrogens (tertiary/aromatic N) is 3. The molecule has 1 aliphatic carbocycles. The summed E-state index contributed by atoms with van der Waals surface area (Å²) in [5.74, 6) is 0. The minimum absolute atomic E-state index is 0.0826. The maximum atomic E-state index is 13.0. The van der Waals surface area contributed by atoms with E-state index in [-0.39, 0.29) is 9.99 Å². The number of hydrazone groups is 1. The van der Waals surface area contributed by atoms with E-state index >= 15 is 0 Å². The number of anilines is 1. The fourth-order valence-corrected chi connectivity index (χ4v) is 3.40. The Morgan fingerprint density at radius 2 is 1.85 bits per heavy atom. The molecule has 0 saturated heterocycles. The zero-order valence-corrected chi connectivity index (χ0v) is 16.4. The Balaban J connectivity index is 2.48. The van der Waals surface area contributed by atoms with Crippen LogP contribution in [0, 0.1) is 6.92 Å². The lowest BCUT2D eigenvalue weighted by Crippen LogP contribution is -2.38. The zero-order valence-electron chi connectivity index (χ0n) is 15.6. The Morgan fingerprint density at radius 3 is 2.41 bits per heavy atom. The highest BCUT2D eigenvalue weighted by molar-refractivity contribution is 7.93. The van der Waals surface area contributed by atoms with Gasteiger partial charge in [-0.1, -0.05) is 23.8 Å². The van der Waals surface area contributed by atoms with Crippen molar-refractivity contribution in [2.24, 2.45) is 5.10 Å². The van der Waals surface area contributed by atoms with Crippen LogP contribution >= 0.6 is 0 Å². The SMILES string of the molecule is C/C(=N\N(C)C1=CCCC=C1)c1cc(C)ccc1N(C)S(=O)(=O)C(F)(F)F. The molecule has 0 aromatic heterocycles. The highest BCUT2D eigenvalue weighted by Gasteiger charge is 2.49. The van der Waals surface area contributed by atoms with Gasteiger partial charge in [0.25, 0.3) is 0 Å². The molecule has 0 radical (unpaired) electrons. The molecule has 0 heterocycles. The third-order valence-electron chi connectivity index (χ3n) is 4.18. The number of alkyl halides is 3. The number of likely N-dealkylation sites (N-methyl/N-ethyl adjacent to an activating group) is 1. The zero-order chi connectivity index (χ0) is 20.4. The summed E-state index contributed by atoms with van der Waals surface area (Å²) in [6, 6.07) is 4.53. The van der Waals surface area contributed by atoms with E-state index in [9.17, 15) is 21.6 Å². The van der Waals surface area contributed by atoms with Crippen molar-refractivity contribution in [3.05, 3.63) is 53.3 Å². The van der Waals surface area contributed by atoms with Gasteiger partial charge in [0.05, 0.1) is 17.1 Å². The predicted octanol–water partition coefficient (Wildman–Crippen LogP) is 4.17. The van der Waals surface area contributed by atoms with Crippen LogP contribution in [0.25, 0.3) is 0 Å². The lowest BCUT2D eigenvalue weighted by Gasteiger charge is -2.24. The smallest absolute Gasteiger partial charge is 0.269 e. The van der Waals surface area contributed by atoms with E-state index < -0.39 is 15.5 Å². The van der Waals surface area contributed by atoms with Crippen LogP contribution in [-0.2, 0) is 10.0 Å². The van der Waals surface area contributed by atoms with Crippen molar-refractivity contribution in [2.75, 3.05) is 18.4 Å². The van der Waals surface area contributed by atoms with Gasteiger partial charge in [-0.15, -0.1) is 0 Å². The van der Waals surface area contributed by atoms with Gasteiger partial charge in [-0.2, -0.15) is 26.7 Å². The van der Waals surface area contributed by atoms with Crippen molar-refractivity contribution in [2.45, 2.75) is 32.2 Å². The molecule has 9 heteroatoms. The van der Waals surface area contributed by atoms with Gasteiger partial charge in [0, 0.05) is 19.7 Å². The van der Waals surface area contributed by atoms with Crippen LogP contribution in [0.15, 0.2) is 47.2 Å². The Morgan fingerprint density at radius 1 is 1.19 bits per heavy atom. The Bertz CT molecular complexity index is 903. The third kappa shape index (κ3) is 4.52. The number of aryl methyl sites for hydroxylation is 1. The highest BCUT2D eigenvalue weighted by atomic mass is 32.2. The molecule has 0 unspecified atom stereocenters. The van der Waals surface area contributed by atoms with Crippen LogP contribution in [0.3, 0.4) is 0 Å². The average molecular weight is 401 g/mol. The largest absolute Gasteiger partial charge is 0.516 e. The number of rotatable bonds is 5. The first-order chi connectivity index (χ1) is 12.4. The molecule has 5 nitrogen and oxygen atoms in total. The lowest BCUT2D eigenvalue weighted by atomic mass is 10.1. The molecule has 0 atom stereocenters. The van der Waals surface area contributed by atoms with Gasteiger partial charge in [-0.05, 0) is 44.9 Å². The summed E-state index contributed by atoms with van der Waals surface area (Å²) in [5, 5.41) is 6.05. The number of sulfonamides is 1. The van der Waals surface area contributed by atoms with E-state index in [1.54, 1.807) is 38.0 Å². The number of benzene rings is 1. The van der Waals surface area contributed by atoms with Crippen LogP contribution < -0.4 is 4.31 Å². The summed E-state index contributed by atoms with van der Waals surface area (Å²) >= 11 is 0. The van der Waals surface area contributed by atoms with Crippen molar-refractivity contribution in [3.8, 4) is 0 Å². The van der Waals surface area contributed by atoms with Gasteiger partial charge in [0.2, 0.25) is 0 Å². The molecule has 27 heavy (non-hydrogen) atoms. The molecule has 0 aliphatic heterocycles. The van der Waals surface area contributed by atoms with E-state index in [1.807, 2.05) is 18.2 Å². The summed E-state index contributed by atoms with van der Waals surface area (Å²) in [6.07, 6.45) is 7.76. The fourth-order valence-electron chi connectivity index (χ4n) is 2.68. The van der Waals surface area contributed by atoms with Gasteiger partial charge < -0.3 is 0 Å². The van der Waals surface area contributed by atoms with Gasteiger partial charge in [-0.25, -0.2) is 0 Å². The van der Waals surface area contributed by atoms with Crippen molar-refractivity contribution in [1.29, 1.82) is 0 Å². The minimum Gasteiger partial charge on any atom is -0.269 e. The van der Waals surface area contributed by atoms with Crippen LogP contribution in [0.4, 0.5) is 18.9 Å². The molecule has 0 amide bonds. The molecular formula is C18H22F3N3O2S. The fraction of sp³-hybridized carbons (Fsp3) is 0.389. The molecule has 0 bridgehead atoms. The van der Waals surface area contributed by atoms with Gasteiger partial charge in [0.1, 0.15) is 0 Å². The Labute approximate surface area is 157 Å². The van der Waals surface area contributed by atoms with E-state index in [0.29, 0.717) is 11.3 Å². The van der Waals surface area contributed by atoms with Gasteiger partial charge in [0.15, 0.2) is 0 Å². The first-order valence-corrected chi connectivity index (χ1v) is 9.71. The monoisotopic (exact) mass is 401 g/mol. The van der Waals surface area contributed by atoms with Crippen LogP contribution in [0.5, 0.6) is 0 Å². The molecule has 0 fully saturated rings. The quantitative estimate of drug-likeness (QED) is 0.550. The molecular weight excluding hydrogens is 379 g/mol. The third-order valence-corrected chi connectivity index (χ3v) is 5.69. The molecule has 2 rings (SSSR count). The second kappa shape index (κ2) is 7.75. The minimum atomic E-state index is -5.51. The van der Waals surface area contributed by atoms with E-state index in [1.165, 1.54) is 6.07 Å². The molecule has 148 valence electrons. The summed E-state index contributed by atoms with van der Waals surface area (Å²) in [5.41, 5.74) is -3.10. The number of halogens is 3. The summed E-state index contributed by atoms with van der Waals surface area (Å²) in [4.78, 5) is 0. The van der Waals surface area contributed by atoms with Gasteiger partial charge >= 0.3 is 15.5 Å². The number of hydrogen-bond donors (Lipinski definition) is 0. The average Bonchev–Trinajstić information content (AvgIpc) is 2.60. The maximum Gasteiger partial charge on any atom is 0.516 e. The van der Waals surface area contributed by atoms with Gasteiger partial charge in [-0.3, -0.25) is 9.31 Å². The van der Waals surface area contributed by atoms with Crippen LogP contribution in [0.2, 0.25) is 0 Å². The molecule has 0 saturated carbocycles. The standard InChI is InChI=1S/C18H22F3N3O2S/c1-13-10-11-17(24(4)27(25,26)18(19,20)21)16(12-13)14(2)22-23(3)15-8-6-5-7-9-15/h6,8-12H,5,7H2,1-4H3/b22-14+. The van der Waals surface area contributed by atoms with E-state index in [4.69, 9.17) is 0 Å². The topological polar surface area (TPSA) is 53.0 Å². The predicted molar refractivity (Wildman–Crippen MR) is 101 cm³/mol. The normalized spacial score (nSPS) is 15.5. The number of hydrogen-bond acceptors (Lipinski definition) is 4. The van der Waals surface area contributed by atoms with E-state index in [0.717, 1.165) is 31.1 Å². The lowest BCUT2D eigenvalue weighted by molar-refractivity contribution is -0.0437. The Kier molecular flexibility index (Phi) is 6.04. The number of allylic oxidation sites excluding steroid dienone is 3. The second-order valence-electron chi connectivity index (χ2n) is 6.26. The molecule has 1 aliphatic rings. The Hall–Kier alpha value is -2.29. The molecule has 1 aromatic carbocycles. The molecule has 0 N–H and O–H groups in total. The maximum absolute atomic E-state index is 13.0. The second-order valence-corrected chi connectivity index (χ2v) is 8.22. The van der Waals surface area contributed by atoms with Crippen molar-refractivity contribution in [1.82, 2.24) is 5.01 Å². The molecule has 0 spiro atoms. The van der Waals surface area contributed by atoms with E-state index in [2.05, 4.69) is 5.10 Å². The molecule has 1 aromatic rings. The summed E-state index contributed by atoms with van der Waals surface area (Å²) < 4.78 is 62.7. The summed E-state index contributed by atoms with van der Waals surface area (Å²) in [7, 11) is -2.88. The van der Waals surface area contributed by atoms with Crippen molar-refractivity contribution < 1.29 is 21.6 Å². The van der Waals surface area contributed by atoms with Crippen LogP contribution in [-0.4, -0.2) is 38.7 Å². The van der Waals surface area contributed by atoms with Crippen molar-refractivity contribution >= 4 is 21.4 Å². The van der Waals surface area contributed by atoms with Crippen molar-refractivity contribution in [3.63, 3.8) is 0 Å². The first-order valence-electron chi connectivity index (χ1n) is 8.27. The van der Waals surface area contributed by atoms with Crippen LogP contribution in [0.1, 0.15) is 30.9 Å². The highest BCUT2D eigenvalue weighted by Crippen LogP contribution is 2.32. The summed E-state index contributed by atoms with van der Waals surface area (Å²) in [6.45, 7) is 3.41.